The summed E-state index contributed by atoms with van der Waals surface area (Å²) in [6, 6.07) is 12.3. The van der Waals surface area contributed by atoms with Gasteiger partial charge in [-0.25, -0.2) is 4.79 Å². The van der Waals surface area contributed by atoms with Crippen molar-refractivity contribution in [1.29, 1.82) is 0 Å². The number of aromatic nitrogens is 1. The van der Waals surface area contributed by atoms with Crippen molar-refractivity contribution < 1.29 is 19.1 Å². The lowest BCUT2D eigenvalue weighted by molar-refractivity contribution is -0.141. The molecule has 1 aromatic carbocycles. The Morgan fingerprint density at radius 2 is 1.74 bits per heavy atom. The third-order valence-electron chi connectivity index (χ3n) is 3.35. The summed E-state index contributed by atoms with van der Waals surface area (Å²) in [6.07, 6.45) is 2.25. The van der Waals surface area contributed by atoms with E-state index < -0.39 is 23.8 Å². The van der Waals surface area contributed by atoms with E-state index in [0.717, 1.165) is 5.69 Å². The van der Waals surface area contributed by atoms with Gasteiger partial charge in [0, 0.05) is 24.9 Å². The predicted molar refractivity (Wildman–Crippen MR) is 101 cm³/mol. The van der Waals surface area contributed by atoms with E-state index in [2.05, 4.69) is 15.6 Å². The zero-order valence-electron chi connectivity index (χ0n) is 14.5. The number of para-hydroxylation sites is 1. The first-order valence-corrected chi connectivity index (χ1v) is 8.03. The van der Waals surface area contributed by atoms with Crippen LogP contribution >= 0.6 is 12.4 Å². The molecule has 1 heterocycles. The van der Waals surface area contributed by atoms with Crippen molar-refractivity contribution in [3.63, 3.8) is 0 Å². The largest absolute Gasteiger partial charge is 0.425 e. The maximum absolute atomic E-state index is 11.8. The maximum atomic E-state index is 11.8. The van der Waals surface area contributed by atoms with E-state index in [4.69, 9.17) is 10.5 Å². The third kappa shape index (κ3) is 7.85. The van der Waals surface area contributed by atoms with E-state index in [1.165, 1.54) is 0 Å². The monoisotopic (exact) mass is 392 g/mol. The van der Waals surface area contributed by atoms with Gasteiger partial charge in [0.15, 0.2) is 6.04 Å². The maximum Gasteiger partial charge on any atom is 0.338 e. The summed E-state index contributed by atoms with van der Waals surface area (Å²) >= 11 is 0. The number of carbonyl (C=O) groups excluding carboxylic acids is 3. The van der Waals surface area contributed by atoms with Crippen LogP contribution in [0.5, 0.6) is 5.75 Å². The van der Waals surface area contributed by atoms with Gasteiger partial charge in [-0.1, -0.05) is 24.3 Å². The molecule has 2 aromatic rings. The van der Waals surface area contributed by atoms with Crippen LogP contribution in [-0.4, -0.2) is 41.9 Å². The zero-order chi connectivity index (χ0) is 18.8. The zero-order valence-corrected chi connectivity index (χ0v) is 15.3. The van der Waals surface area contributed by atoms with Gasteiger partial charge in [-0.05, 0) is 24.3 Å². The summed E-state index contributed by atoms with van der Waals surface area (Å²) < 4.78 is 4.99. The van der Waals surface area contributed by atoms with Gasteiger partial charge >= 0.3 is 5.97 Å². The topological polar surface area (TPSA) is 123 Å². The number of halogens is 1. The van der Waals surface area contributed by atoms with Crippen molar-refractivity contribution in [1.82, 2.24) is 15.6 Å². The fourth-order valence-electron chi connectivity index (χ4n) is 1.99. The van der Waals surface area contributed by atoms with Crippen molar-refractivity contribution in [3.05, 3.63) is 60.4 Å². The van der Waals surface area contributed by atoms with Crippen LogP contribution in [0.15, 0.2) is 54.7 Å². The summed E-state index contributed by atoms with van der Waals surface area (Å²) in [5.41, 5.74) is 6.39. The van der Waals surface area contributed by atoms with Crippen LogP contribution in [0.25, 0.3) is 0 Å². The fourth-order valence-corrected chi connectivity index (χ4v) is 1.99. The predicted octanol–water partition coefficient (Wildman–Crippen LogP) is 0.211. The highest BCUT2D eigenvalue weighted by Gasteiger charge is 2.24. The van der Waals surface area contributed by atoms with Crippen LogP contribution in [0.1, 0.15) is 5.69 Å². The Morgan fingerprint density at radius 1 is 1.04 bits per heavy atom. The van der Waals surface area contributed by atoms with Crippen molar-refractivity contribution in [3.8, 4) is 5.75 Å². The van der Waals surface area contributed by atoms with Crippen LogP contribution in [0.4, 0.5) is 0 Å². The van der Waals surface area contributed by atoms with E-state index in [1.807, 2.05) is 18.2 Å². The molecule has 0 aliphatic heterocycles. The molecule has 2 rings (SSSR count). The number of esters is 1. The molecule has 8 nitrogen and oxygen atoms in total. The summed E-state index contributed by atoms with van der Waals surface area (Å²) in [6.45, 7) is 0.0984. The lowest BCUT2D eigenvalue weighted by atomic mass is 10.2. The van der Waals surface area contributed by atoms with E-state index >= 15 is 0 Å². The molecule has 0 saturated heterocycles. The molecule has 9 heteroatoms. The fraction of sp³-hybridized carbons (Fsp3) is 0.222. The smallest absolute Gasteiger partial charge is 0.338 e. The third-order valence-corrected chi connectivity index (χ3v) is 3.35. The molecule has 144 valence electrons. The highest BCUT2D eigenvalue weighted by molar-refractivity contribution is 6.03. The highest BCUT2D eigenvalue weighted by atomic mass is 35.5. The van der Waals surface area contributed by atoms with Gasteiger partial charge < -0.3 is 21.1 Å². The van der Waals surface area contributed by atoms with E-state index in [1.54, 1.807) is 36.5 Å². The van der Waals surface area contributed by atoms with Gasteiger partial charge in [0.1, 0.15) is 5.75 Å². The highest BCUT2D eigenvalue weighted by Crippen LogP contribution is 2.08. The average Bonchev–Trinajstić information content (AvgIpc) is 2.67. The normalized spacial score (nSPS) is 10.9. The minimum Gasteiger partial charge on any atom is -0.425 e. The van der Waals surface area contributed by atoms with E-state index in [9.17, 15) is 14.4 Å². The molecule has 0 spiro atoms. The first-order chi connectivity index (χ1) is 12.6. The van der Waals surface area contributed by atoms with Gasteiger partial charge in [0.05, 0.1) is 6.54 Å². The molecule has 0 fully saturated rings. The van der Waals surface area contributed by atoms with Crippen molar-refractivity contribution in [2.24, 2.45) is 5.73 Å². The number of nitrogens with two attached hydrogens (primary N) is 1. The van der Waals surface area contributed by atoms with Crippen molar-refractivity contribution >= 4 is 30.2 Å². The summed E-state index contributed by atoms with van der Waals surface area (Å²) in [5.74, 6) is -1.79. The summed E-state index contributed by atoms with van der Waals surface area (Å²) in [4.78, 5) is 39.5. The molecule has 1 unspecified atom stereocenters. The summed E-state index contributed by atoms with van der Waals surface area (Å²) in [5, 5.41) is 4.95. The first kappa shape index (κ1) is 22.1. The van der Waals surface area contributed by atoms with E-state index in [-0.39, 0.29) is 24.7 Å². The number of benzene rings is 1. The van der Waals surface area contributed by atoms with E-state index in [0.29, 0.717) is 13.0 Å². The average molecular weight is 393 g/mol. The minimum absolute atomic E-state index is 0. The van der Waals surface area contributed by atoms with Gasteiger partial charge in [-0.3, -0.25) is 14.6 Å². The van der Waals surface area contributed by atoms with Gasteiger partial charge in [-0.2, -0.15) is 0 Å². The number of rotatable bonds is 8. The van der Waals surface area contributed by atoms with Crippen LogP contribution in [0.3, 0.4) is 0 Å². The molecular formula is C18H21ClN4O4. The van der Waals surface area contributed by atoms with Gasteiger partial charge in [-0.15, -0.1) is 12.4 Å². The number of hydrogen-bond acceptors (Lipinski definition) is 6. The first-order valence-electron chi connectivity index (χ1n) is 8.03. The quantitative estimate of drug-likeness (QED) is 0.335. The Kier molecular flexibility index (Phi) is 9.49. The number of amides is 2. The Hall–Kier alpha value is -2.97. The molecule has 0 bridgehead atoms. The minimum atomic E-state index is -1.52. The van der Waals surface area contributed by atoms with Gasteiger partial charge in [0.2, 0.25) is 11.8 Å². The van der Waals surface area contributed by atoms with Crippen molar-refractivity contribution in [2.75, 3.05) is 13.1 Å². The molecule has 4 N–H and O–H groups in total. The second kappa shape index (κ2) is 11.6. The van der Waals surface area contributed by atoms with Crippen LogP contribution < -0.4 is 21.1 Å². The summed E-state index contributed by atoms with van der Waals surface area (Å²) in [7, 11) is 0. The molecule has 0 aliphatic carbocycles. The second-order valence-corrected chi connectivity index (χ2v) is 5.35. The molecule has 1 aromatic heterocycles. The molecule has 0 saturated carbocycles. The standard InChI is InChI=1S/C18H20N4O4.ClH/c19-16(18(25)26-14-7-2-1-3-8-14)17(24)22-12-15(23)21-11-9-13-6-4-5-10-20-13;/h1-8,10,16H,9,11-12,19H2,(H,21,23)(H,22,24);1H. The molecule has 27 heavy (non-hydrogen) atoms. The number of nitrogens with one attached hydrogen (secondary N) is 2. The number of pyridine rings is 1. The van der Waals surface area contributed by atoms with Crippen molar-refractivity contribution in [2.45, 2.75) is 12.5 Å². The lowest BCUT2D eigenvalue weighted by Gasteiger charge is -2.12. The Balaban J connectivity index is 0.00000364. The second-order valence-electron chi connectivity index (χ2n) is 5.35. The Labute approximate surface area is 162 Å². The Morgan fingerprint density at radius 3 is 2.41 bits per heavy atom. The number of hydrogen-bond donors (Lipinski definition) is 3. The number of ether oxygens (including phenoxy) is 1. The molecular weight excluding hydrogens is 372 g/mol. The number of carbonyl (C=O) groups is 3. The SMILES string of the molecule is Cl.NC(C(=O)NCC(=O)NCCc1ccccn1)C(=O)Oc1ccccc1. The lowest BCUT2D eigenvalue weighted by Crippen LogP contribution is -2.50. The Bertz CT molecular complexity index is 744. The molecule has 2 amide bonds. The van der Waals surface area contributed by atoms with Gasteiger partial charge in [0.25, 0.3) is 0 Å². The number of nitrogens with zero attached hydrogens (tertiary/aromatic N) is 1. The van der Waals surface area contributed by atoms with Crippen LogP contribution in [-0.2, 0) is 20.8 Å². The van der Waals surface area contributed by atoms with Crippen LogP contribution in [0.2, 0.25) is 0 Å². The molecule has 0 radical (unpaired) electrons. The molecule has 0 aliphatic rings. The van der Waals surface area contributed by atoms with Crippen LogP contribution in [0, 0.1) is 0 Å². The molecule has 1 atom stereocenters.